The van der Waals surface area contributed by atoms with Crippen LogP contribution in [-0.4, -0.2) is 20.8 Å². The van der Waals surface area contributed by atoms with Crippen LogP contribution in [0.2, 0.25) is 0 Å². The van der Waals surface area contributed by atoms with Gasteiger partial charge >= 0.3 is 6.18 Å². The van der Waals surface area contributed by atoms with Gasteiger partial charge in [-0.2, -0.15) is 18.3 Å². The summed E-state index contributed by atoms with van der Waals surface area (Å²) in [6.07, 6.45) is -6.02. The van der Waals surface area contributed by atoms with Crippen molar-refractivity contribution in [1.29, 1.82) is 0 Å². The number of hydrogen-bond donors (Lipinski definition) is 2. The number of halogens is 4. The van der Waals surface area contributed by atoms with E-state index in [4.69, 9.17) is 6.57 Å². The summed E-state index contributed by atoms with van der Waals surface area (Å²) in [5.41, 5.74) is -1.02. The number of benzene rings is 3. The van der Waals surface area contributed by atoms with Gasteiger partial charge in [0.1, 0.15) is 17.6 Å². The highest BCUT2D eigenvalue weighted by atomic mass is 19.4. The van der Waals surface area contributed by atoms with E-state index in [0.717, 1.165) is 16.8 Å². The van der Waals surface area contributed by atoms with Crippen LogP contribution in [0.5, 0.6) is 0 Å². The lowest BCUT2D eigenvalue weighted by Gasteiger charge is -2.14. The second-order valence-electron chi connectivity index (χ2n) is 7.50. The molecule has 3 aromatic carbocycles. The maximum absolute atomic E-state index is 14.3. The predicted molar refractivity (Wildman–Crippen MR) is 120 cm³/mol. The van der Waals surface area contributed by atoms with Gasteiger partial charge in [-0.3, -0.25) is 4.79 Å². The molecule has 0 spiro atoms. The van der Waals surface area contributed by atoms with Crippen molar-refractivity contribution < 1.29 is 27.5 Å². The van der Waals surface area contributed by atoms with Gasteiger partial charge in [-0.25, -0.2) is 13.9 Å². The molecular formula is C25H16F4N4O2. The third-order valence-electron chi connectivity index (χ3n) is 5.04. The Kier molecular flexibility index (Phi) is 6.36. The summed E-state index contributed by atoms with van der Waals surface area (Å²) in [7, 11) is 0. The van der Waals surface area contributed by atoms with Crippen molar-refractivity contribution in [2.45, 2.75) is 12.3 Å². The summed E-state index contributed by atoms with van der Waals surface area (Å²) in [5, 5.41) is 16.5. The number of aliphatic hydroxyl groups is 1. The van der Waals surface area contributed by atoms with Gasteiger partial charge in [0.25, 0.3) is 5.91 Å². The van der Waals surface area contributed by atoms with Crippen molar-refractivity contribution in [3.63, 3.8) is 0 Å². The predicted octanol–water partition coefficient (Wildman–Crippen LogP) is 5.91. The molecule has 0 radical (unpaired) electrons. The summed E-state index contributed by atoms with van der Waals surface area (Å²) in [6.45, 7) is 7.11. The molecule has 1 heterocycles. The number of hydrogen-bond acceptors (Lipinski definition) is 3. The van der Waals surface area contributed by atoms with Gasteiger partial charge in [0, 0.05) is 11.8 Å². The standard InChI is InChI=1S/C25H16F4N4O2/c1-30-18-8-5-9-20(13-18)33-21(14-22(32-33)25(27,28)29)24(35)31-19-11-16(10-17(26)12-19)23(34)15-6-3-2-4-7-15/h2-14,23,34H,(H,31,35). The first-order valence-electron chi connectivity index (χ1n) is 10.2. The zero-order chi connectivity index (χ0) is 25.2. The van der Waals surface area contributed by atoms with E-state index in [-0.39, 0.29) is 22.6 Å². The summed E-state index contributed by atoms with van der Waals surface area (Å²) in [4.78, 5) is 16.2. The SMILES string of the molecule is [C-]#[N+]c1cccc(-n2nc(C(F)(F)F)cc2C(=O)Nc2cc(F)cc(C(O)c3ccccc3)c2)c1. The molecule has 0 fully saturated rings. The number of rotatable bonds is 5. The van der Waals surface area contributed by atoms with Gasteiger partial charge < -0.3 is 10.4 Å². The van der Waals surface area contributed by atoms with Gasteiger partial charge in [-0.1, -0.05) is 42.5 Å². The average Bonchev–Trinajstić information content (AvgIpc) is 3.30. The molecule has 6 nitrogen and oxygen atoms in total. The molecule has 0 aliphatic carbocycles. The fraction of sp³-hybridized carbons (Fsp3) is 0.0800. The van der Waals surface area contributed by atoms with E-state index < -0.39 is 35.4 Å². The van der Waals surface area contributed by atoms with Crippen molar-refractivity contribution in [1.82, 2.24) is 9.78 Å². The summed E-state index contributed by atoms with van der Waals surface area (Å²) in [5.74, 6) is -1.76. The highest BCUT2D eigenvalue weighted by molar-refractivity contribution is 6.03. The van der Waals surface area contributed by atoms with E-state index in [1.54, 1.807) is 30.3 Å². The van der Waals surface area contributed by atoms with E-state index in [1.165, 1.54) is 30.3 Å². The molecule has 35 heavy (non-hydrogen) atoms. The Morgan fingerprint density at radius 3 is 2.43 bits per heavy atom. The summed E-state index contributed by atoms with van der Waals surface area (Å²) >= 11 is 0. The molecule has 1 aromatic heterocycles. The van der Waals surface area contributed by atoms with E-state index in [0.29, 0.717) is 11.6 Å². The van der Waals surface area contributed by atoms with Crippen LogP contribution < -0.4 is 5.32 Å². The highest BCUT2D eigenvalue weighted by Gasteiger charge is 2.36. The van der Waals surface area contributed by atoms with Crippen LogP contribution in [0, 0.1) is 12.4 Å². The van der Waals surface area contributed by atoms with Crippen molar-refractivity contribution in [3.8, 4) is 5.69 Å². The Bertz CT molecular complexity index is 1430. The Labute approximate surface area is 196 Å². The number of nitrogens with one attached hydrogen (secondary N) is 1. The second-order valence-corrected chi connectivity index (χ2v) is 7.50. The molecule has 1 atom stereocenters. The number of nitrogens with zero attached hydrogens (tertiary/aromatic N) is 3. The molecule has 2 N–H and O–H groups in total. The maximum Gasteiger partial charge on any atom is 0.435 e. The van der Waals surface area contributed by atoms with Crippen LogP contribution in [0.1, 0.15) is 33.4 Å². The van der Waals surface area contributed by atoms with E-state index >= 15 is 0 Å². The van der Waals surface area contributed by atoms with E-state index in [9.17, 15) is 27.5 Å². The molecule has 0 saturated heterocycles. The van der Waals surface area contributed by atoms with Crippen LogP contribution in [-0.2, 0) is 6.18 Å². The monoisotopic (exact) mass is 480 g/mol. The molecule has 1 amide bonds. The van der Waals surface area contributed by atoms with Gasteiger partial charge in [-0.05, 0) is 41.5 Å². The van der Waals surface area contributed by atoms with Crippen LogP contribution in [0.4, 0.5) is 28.9 Å². The van der Waals surface area contributed by atoms with Gasteiger partial charge in [0.2, 0.25) is 0 Å². The minimum absolute atomic E-state index is 0.0681. The first kappa shape index (κ1) is 23.7. The normalized spacial score (nSPS) is 12.1. The summed E-state index contributed by atoms with van der Waals surface area (Å²) < 4.78 is 55.1. The minimum Gasteiger partial charge on any atom is -0.384 e. The Morgan fingerprint density at radius 2 is 1.74 bits per heavy atom. The number of alkyl halides is 3. The zero-order valence-electron chi connectivity index (χ0n) is 17.8. The molecule has 4 aromatic rings. The van der Waals surface area contributed by atoms with Gasteiger partial charge in [-0.15, -0.1) is 0 Å². The number of aromatic nitrogens is 2. The van der Waals surface area contributed by atoms with Crippen molar-refractivity contribution in [2.24, 2.45) is 0 Å². The number of carbonyl (C=O) groups is 1. The van der Waals surface area contributed by atoms with Crippen LogP contribution in [0.25, 0.3) is 10.5 Å². The van der Waals surface area contributed by atoms with Crippen molar-refractivity contribution in [3.05, 3.63) is 119 Å². The number of anilines is 1. The van der Waals surface area contributed by atoms with Crippen LogP contribution >= 0.6 is 0 Å². The zero-order valence-corrected chi connectivity index (χ0v) is 17.8. The first-order valence-corrected chi connectivity index (χ1v) is 10.2. The molecule has 0 bridgehead atoms. The largest absolute Gasteiger partial charge is 0.435 e. The second kappa shape index (κ2) is 9.40. The Balaban J connectivity index is 1.70. The third-order valence-corrected chi connectivity index (χ3v) is 5.04. The lowest BCUT2D eigenvalue weighted by Crippen LogP contribution is -2.17. The Hall–Kier alpha value is -4.49. The molecule has 0 aliphatic heterocycles. The molecule has 10 heteroatoms. The minimum atomic E-state index is -4.83. The lowest BCUT2D eigenvalue weighted by atomic mass is 10.0. The molecule has 1 unspecified atom stereocenters. The number of carbonyl (C=O) groups excluding carboxylic acids is 1. The van der Waals surface area contributed by atoms with Gasteiger partial charge in [0.05, 0.1) is 12.3 Å². The fourth-order valence-corrected chi connectivity index (χ4v) is 3.44. The molecule has 4 rings (SSSR count). The Morgan fingerprint density at radius 1 is 1.00 bits per heavy atom. The smallest absolute Gasteiger partial charge is 0.384 e. The van der Waals surface area contributed by atoms with Gasteiger partial charge in [0.15, 0.2) is 11.4 Å². The maximum atomic E-state index is 14.3. The van der Waals surface area contributed by atoms with E-state index in [2.05, 4.69) is 15.3 Å². The average molecular weight is 480 g/mol. The van der Waals surface area contributed by atoms with Crippen molar-refractivity contribution in [2.75, 3.05) is 5.32 Å². The quantitative estimate of drug-likeness (QED) is 0.275. The third kappa shape index (κ3) is 5.20. The molecule has 0 aliphatic rings. The van der Waals surface area contributed by atoms with Crippen molar-refractivity contribution >= 4 is 17.3 Å². The lowest BCUT2D eigenvalue weighted by molar-refractivity contribution is -0.141. The number of amides is 1. The van der Waals surface area contributed by atoms with Crippen LogP contribution in [0.15, 0.2) is 78.9 Å². The molecule has 0 saturated carbocycles. The molecule has 176 valence electrons. The fourth-order valence-electron chi connectivity index (χ4n) is 3.44. The topological polar surface area (TPSA) is 71.5 Å². The molecular weight excluding hydrogens is 464 g/mol. The number of aliphatic hydroxyl groups excluding tert-OH is 1. The summed E-state index contributed by atoms with van der Waals surface area (Å²) in [6, 6.07) is 18.0. The van der Waals surface area contributed by atoms with E-state index in [1.807, 2.05) is 0 Å². The van der Waals surface area contributed by atoms with Crippen LogP contribution in [0.3, 0.4) is 0 Å². The first-order chi connectivity index (χ1) is 16.7. The highest BCUT2D eigenvalue weighted by Crippen LogP contribution is 2.31.